The van der Waals surface area contributed by atoms with Gasteiger partial charge in [-0.15, -0.1) is 0 Å². The fraction of sp³-hybridized carbons (Fsp3) is 0. The van der Waals surface area contributed by atoms with E-state index in [2.05, 4.69) is 0 Å². The van der Waals surface area contributed by atoms with Gasteiger partial charge in [-0.2, -0.15) is 0 Å². The molecular weight excluding hydrogens is 236 g/mol. The Balaban J connectivity index is 2.67. The normalized spacial score (nSPS) is 11.1. The second-order valence-corrected chi connectivity index (χ2v) is 3.93. The summed E-state index contributed by atoms with van der Waals surface area (Å²) in [7, 11) is 0. The Bertz CT molecular complexity index is 832. The maximum atomic E-state index is 11.7. The van der Waals surface area contributed by atoms with Crippen LogP contribution in [0.25, 0.3) is 21.7 Å². The van der Waals surface area contributed by atoms with E-state index in [1.807, 2.05) is 0 Å². The standard InChI is InChI=1S/C13H8O5/c14-6-1-2-7-10(5-6)18-13(17)8-3-4-9(15)12(16)11(7)8/h1-5,14-16H. The van der Waals surface area contributed by atoms with Crippen LogP contribution in [0.4, 0.5) is 0 Å². The number of phenols is 3. The minimum Gasteiger partial charge on any atom is -0.508 e. The number of phenolic OH excluding ortho intramolecular Hbond substituents is 3. The van der Waals surface area contributed by atoms with Gasteiger partial charge in [-0.25, -0.2) is 4.79 Å². The van der Waals surface area contributed by atoms with Gasteiger partial charge in [-0.3, -0.25) is 0 Å². The van der Waals surface area contributed by atoms with Crippen molar-refractivity contribution in [2.75, 3.05) is 0 Å². The molecule has 0 saturated carbocycles. The zero-order valence-electron chi connectivity index (χ0n) is 9.04. The molecule has 0 aliphatic carbocycles. The maximum absolute atomic E-state index is 11.7. The van der Waals surface area contributed by atoms with Crippen molar-refractivity contribution in [2.45, 2.75) is 0 Å². The molecule has 5 heteroatoms. The summed E-state index contributed by atoms with van der Waals surface area (Å²) in [6, 6.07) is 6.80. The van der Waals surface area contributed by atoms with E-state index < -0.39 is 5.63 Å². The molecule has 0 atom stereocenters. The Morgan fingerprint density at radius 1 is 0.944 bits per heavy atom. The molecule has 0 unspecified atom stereocenters. The van der Waals surface area contributed by atoms with Crippen molar-refractivity contribution < 1.29 is 19.7 Å². The summed E-state index contributed by atoms with van der Waals surface area (Å²) < 4.78 is 5.04. The molecule has 0 bridgehead atoms. The fourth-order valence-electron chi connectivity index (χ4n) is 1.98. The first-order chi connectivity index (χ1) is 8.58. The van der Waals surface area contributed by atoms with Crippen LogP contribution in [0.5, 0.6) is 17.2 Å². The molecule has 1 aromatic heterocycles. The van der Waals surface area contributed by atoms with E-state index in [1.165, 1.54) is 30.3 Å². The van der Waals surface area contributed by atoms with Gasteiger partial charge < -0.3 is 19.7 Å². The van der Waals surface area contributed by atoms with E-state index >= 15 is 0 Å². The summed E-state index contributed by atoms with van der Waals surface area (Å²) >= 11 is 0. The Hall–Kier alpha value is -2.69. The summed E-state index contributed by atoms with van der Waals surface area (Å²) in [4.78, 5) is 11.7. The van der Waals surface area contributed by atoms with Gasteiger partial charge >= 0.3 is 5.63 Å². The van der Waals surface area contributed by atoms with Crippen molar-refractivity contribution in [1.82, 2.24) is 0 Å². The monoisotopic (exact) mass is 244 g/mol. The first-order valence-electron chi connectivity index (χ1n) is 5.18. The highest BCUT2D eigenvalue weighted by Crippen LogP contribution is 2.37. The van der Waals surface area contributed by atoms with Crippen LogP contribution in [0.2, 0.25) is 0 Å². The van der Waals surface area contributed by atoms with Gasteiger partial charge in [0, 0.05) is 16.8 Å². The highest BCUT2D eigenvalue weighted by Gasteiger charge is 2.14. The van der Waals surface area contributed by atoms with E-state index in [1.54, 1.807) is 0 Å². The number of aromatic hydroxyl groups is 3. The minimum atomic E-state index is -0.640. The predicted molar refractivity (Wildman–Crippen MR) is 65.0 cm³/mol. The van der Waals surface area contributed by atoms with E-state index in [9.17, 15) is 20.1 Å². The summed E-state index contributed by atoms with van der Waals surface area (Å²) in [5.74, 6) is -0.747. The van der Waals surface area contributed by atoms with Crippen molar-refractivity contribution in [3.05, 3.63) is 40.8 Å². The van der Waals surface area contributed by atoms with Crippen molar-refractivity contribution in [3.63, 3.8) is 0 Å². The third-order valence-electron chi connectivity index (χ3n) is 2.81. The van der Waals surface area contributed by atoms with Crippen LogP contribution in [0, 0.1) is 0 Å². The quantitative estimate of drug-likeness (QED) is 0.320. The lowest BCUT2D eigenvalue weighted by Gasteiger charge is -2.06. The molecule has 3 rings (SSSR count). The first-order valence-corrected chi connectivity index (χ1v) is 5.18. The minimum absolute atomic E-state index is 0.0513. The SMILES string of the molecule is O=c1oc2cc(O)ccc2c2c(O)c(O)ccc12. The average molecular weight is 244 g/mol. The molecule has 0 spiro atoms. The number of fused-ring (bicyclic) bond motifs is 3. The van der Waals surface area contributed by atoms with E-state index in [4.69, 9.17) is 4.42 Å². The molecule has 18 heavy (non-hydrogen) atoms. The van der Waals surface area contributed by atoms with Gasteiger partial charge in [0.15, 0.2) is 11.5 Å². The highest BCUT2D eigenvalue weighted by atomic mass is 16.4. The van der Waals surface area contributed by atoms with Crippen LogP contribution in [0.3, 0.4) is 0 Å². The molecule has 0 fully saturated rings. The molecule has 3 N–H and O–H groups in total. The summed E-state index contributed by atoms with van der Waals surface area (Å²) in [5, 5.41) is 29.5. The van der Waals surface area contributed by atoms with Crippen LogP contribution in [-0.4, -0.2) is 15.3 Å². The molecule has 2 aromatic carbocycles. The zero-order valence-corrected chi connectivity index (χ0v) is 9.04. The smallest absolute Gasteiger partial charge is 0.344 e. The topological polar surface area (TPSA) is 90.9 Å². The second-order valence-electron chi connectivity index (χ2n) is 3.93. The van der Waals surface area contributed by atoms with Crippen molar-refractivity contribution in [1.29, 1.82) is 0 Å². The van der Waals surface area contributed by atoms with Gasteiger partial charge in [-0.1, -0.05) is 0 Å². The number of hydrogen-bond acceptors (Lipinski definition) is 5. The van der Waals surface area contributed by atoms with Gasteiger partial charge in [0.05, 0.1) is 5.39 Å². The van der Waals surface area contributed by atoms with E-state index in [0.717, 1.165) is 0 Å². The van der Waals surface area contributed by atoms with Crippen LogP contribution in [0.15, 0.2) is 39.5 Å². The molecule has 0 radical (unpaired) electrons. The summed E-state index contributed by atoms with van der Waals surface area (Å²) in [6.45, 7) is 0. The molecule has 1 heterocycles. The lowest BCUT2D eigenvalue weighted by Crippen LogP contribution is -1.99. The van der Waals surface area contributed by atoms with E-state index in [-0.39, 0.29) is 33.6 Å². The summed E-state index contributed by atoms with van der Waals surface area (Å²) in [5.41, 5.74) is -0.494. The predicted octanol–water partition coefficient (Wildman–Crippen LogP) is 2.06. The van der Waals surface area contributed by atoms with Gasteiger partial charge in [0.25, 0.3) is 0 Å². The number of benzene rings is 2. The molecule has 90 valence electrons. The Labute approximate surface area is 100 Å². The molecule has 0 aliphatic rings. The van der Waals surface area contributed by atoms with E-state index in [0.29, 0.717) is 5.39 Å². The number of hydrogen-bond donors (Lipinski definition) is 3. The van der Waals surface area contributed by atoms with Crippen molar-refractivity contribution >= 4 is 21.7 Å². The Kier molecular flexibility index (Phi) is 1.98. The summed E-state index contributed by atoms with van der Waals surface area (Å²) in [6.07, 6.45) is 0. The van der Waals surface area contributed by atoms with Crippen molar-refractivity contribution in [2.24, 2.45) is 0 Å². The van der Waals surface area contributed by atoms with Crippen LogP contribution < -0.4 is 5.63 Å². The first kappa shape index (κ1) is 10.5. The Morgan fingerprint density at radius 2 is 1.67 bits per heavy atom. The molecule has 3 aromatic rings. The third-order valence-corrected chi connectivity index (χ3v) is 2.81. The number of rotatable bonds is 0. The second kappa shape index (κ2) is 3.40. The van der Waals surface area contributed by atoms with Gasteiger partial charge in [0.1, 0.15) is 11.3 Å². The highest BCUT2D eigenvalue weighted by molar-refractivity contribution is 6.08. The zero-order chi connectivity index (χ0) is 12.9. The fourth-order valence-corrected chi connectivity index (χ4v) is 1.98. The molecule has 0 aliphatic heterocycles. The molecular formula is C13H8O5. The van der Waals surface area contributed by atoms with Crippen molar-refractivity contribution in [3.8, 4) is 17.2 Å². The Morgan fingerprint density at radius 3 is 2.44 bits per heavy atom. The average Bonchev–Trinajstić information content (AvgIpc) is 2.33. The van der Waals surface area contributed by atoms with Gasteiger partial charge in [-0.05, 0) is 24.3 Å². The molecule has 5 nitrogen and oxygen atoms in total. The largest absolute Gasteiger partial charge is 0.508 e. The maximum Gasteiger partial charge on any atom is 0.344 e. The lowest BCUT2D eigenvalue weighted by molar-refractivity contribution is 0.408. The van der Waals surface area contributed by atoms with Crippen LogP contribution >= 0.6 is 0 Å². The molecule has 0 saturated heterocycles. The van der Waals surface area contributed by atoms with Crippen LogP contribution in [0.1, 0.15) is 0 Å². The lowest BCUT2D eigenvalue weighted by atomic mass is 10.1. The third kappa shape index (κ3) is 1.31. The van der Waals surface area contributed by atoms with Crippen LogP contribution in [-0.2, 0) is 0 Å². The van der Waals surface area contributed by atoms with Gasteiger partial charge in [0.2, 0.25) is 0 Å². The molecule has 0 amide bonds.